The molecule has 18 heavy (non-hydrogen) atoms. The van der Waals surface area contributed by atoms with Crippen LogP contribution in [0.4, 0.5) is 0 Å². The summed E-state index contributed by atoms with van der Waals surface area (Å²) in [6.45, 7) is 1.10. The van der Waals surface area contributed by atoms with Gasteiger partial charge in [-0.2, -0.15) is 0 Å². The zero-order valence-corrected chi connectivity index (χ0v) is 11.7. The van der Waals surface area contributed by atoms with Crippen molar-refractivity contribution in [3.05, 3.63) is 45.9 Å². The van der Waals surface area contributed by atoms with Gasteiger partial charge in [-0.1, -0.05) is 6.07 Å². The Balaban J connectivity index is 1.72. The standard InChI is InChI=1S/C15H20N2S/c1-16-15-6-2-4-12-10-17(11-14(12)15)8-7-13-5-3-9-18-13/h3,5,9-11,15-16H,2,4,6-8H2,1H3. The number of aryl methyl sites for hydroxylation is 3. The number of nitrogens with zero attached hydrogens (tertiary/aromatic N) is 1. The Bertz CT molecular complexity index is 499. The van der Waals surface area contributed by atoms with Crippen molar-refractivity contribution in [3.8, 4) is 0 Å². The van der Waals surface area contributed by atoms with E-state index in [2.05, 4.69) is 46.8 Å². The molecule has 0 saturated heterocycles. The molecule has 3 heteroatoms. The fourth-order valence-corrected chi connectivity index (χ4v) is 3.57. The maximum absolute atomic E-state index is 3.43. The zero-order chi connectivity index (χ0) is 12.4. The summed E-state index contributed by atoms with van der Waals surface area (Å²) in [5.74, 6) is 0. The van der Waals surface area contributed by atoms with E-state index in [4.69, 9.17) is 0 Å². The number of fused-ring (bicyclic) bond motifs is 1. The lowest BCUT2D eigenvalue weighted by atomic mass is 9.91. The van der Waals surface area contributed by atoms with E-state index in [1.165, 1.54) is 29.7 Å². The SMILES string of the molecule is CNC1CCCc2cn(CCc3cccs3)cc21. The van der Waals surface area contributed by atoms with Crippen molar-refractivity contribution in [1.82, 2.24) is 9.88 Å². The van der Waals surface area contributed by atoms with Crippen LogP contribution in [0.1, 0.15) is 34.9 Å². The van der Waals surface area contributed by atoms with Gasteiger partial charge < -0.3 is 9.88 Å². The predicted molar refractivity (Wildman–Crippen MR) is 77.2 cm³/mol. The highest BCUT2D eigenvalue weighted by Crippen LogP contribution is 2.30. The highest BCUT2D eigenvalue weighted by atomic mass is 32.1. The van der Waals surface area contributed by atoms with Gasteiger partial charge in [-0.3, -0.25) is 0 Å². The Labute approximate surface area is 113 Å². The minimum atomic E-state index is 0.566. The molecule has 1 atom stereocenters. The Morgan fingerprint density at radius 1 is 1.44 bits per heavy atom. The lowest BCUT2D eigenvalue weighted by Crippen LogP contribution is -2.20. The van der Waals surface area contributed by atoms with E-state index in [1.807, 2.05) is 11.3 Å². The molecule has 2 aromatic rings. The monoisotopic (exact) mass is 260 g/mol. The topological polar surface area (TPSA) is 17.0 Å². The molecule has 2 aromatic heterocycles. The second kappa shape index (κ2) is 5.29. The predicted octanol–water partition coefficient (Wildman–Crippen LogP) is 3.39. The molecular weight excluding hydrogens is 240 g/mol. The quantitative estimate of drug-likeness (QED) is 0.891. The molecule has 0 aromatic carbocycles. The van der Waals surface area contributed by atoms with Gasteiger partial charge in [0.15, 0.2) is 0 Å². The molecule has 1 N–H and O–H groups in total. The van der Waals surface area contributed by atoms with E-state index in [0.29, 0.717) is 6.04 Å². The van der Waals surface area contributed by atoms with E-state index in [-0.39, 0.29) is 0 Å². The average Bonchev–Trinajstić information content (AvgIpc) is 3.04. The Morgan fingerprint density at radius 2 is 2.39 bits per heavy atom. The first-order chi connectivity index (χ1) is 8.86. The molecule has 3 rings (SSSR count). The molecule has 2 nitrogen and oxygen atoms in total. The molecule has 0 saturated carbocycles. The number of rotatable bonds is 4. The number of hydrogen-bond acceptors (Lipinski definition) is 2. The molecule has 1 unspecified atom stereocenters. The molecule has 0 spiro atoms. The van der Waals surface area contributed by atoms with Gasteiger partial charge in [0.25, 0.3) is 0 Å². The van der Waals surface area contributed by atoms with Gasteiger partial charge >= 0.3 is 0 Å². The molecule has 1 aliphatic carbocycles. The summed E-state index contributed by atoms with van der Waals surface area (Å²) in [6.07, 6.45) is 9.69. The van der Waals surface area contributed by atoms with Crippen LogP contribution in [0.25, 0.3) is 0 Å². The van der Waals surface area contributed by atoms with Gasteiger partial charge in [0, 0.05) is 29.9 Å². The molecule has 0 amide bonds. The van der Waals surface area contributed by atoms with E-state index >= 15 is 0 Å². The Morgan fingerprint density at radius 3 is 3.17 bits per heavy atom. The maximum Gasteiger partial charge on any atom is 0.0335 e. The molecule has 2 heterocycles. The molecule has 1 aliphatic rings. The third-order valence-corrected chi connectivity index (χ3v) is 4.79. The van der Waals surface area contributed by atoms with Crippen LogP contribution < -0.4 is 5.32 Å². The summed E-state index contributed by atoms with van der Waals surface area (Å²) in [5, 5.41) is 5.59. The van der Waals surface area contributed by atoms with Crippen molar-refractivity contribution in [2.75, 3.05) is 7.05 Å². The lowest BCUT2D eigenvalue weighted by Gasteiger charge is -2.21. The highest BCUT2D eigenvalue weighted by Gasteiger charge is 2.20. The van der Waals surface area contributed by atoms with Crippen molar-refractivity contribution in [3.63, 3.8) is 0 Å². The van der Waals surface area contributed by atoms with Crippen molar-refractivity contribution >= 4 is 11.3 Å². The summed E-state index contributed by atoms with van der Waals surface area (Å²) in [6, 6.07) is 4.93. The number of hydrogen-bond donors (Lipinski definition) is 1. The first-order valence-electron chi connectivity index (χ1n) is 6.75. The van der Waals surface area contributed by atoms with Gasteiger partial charge in [-0.25, -0.2) is 0 Å². The van der Waals surface area contributed by atoms with Crippen molar-refractivity contribution in [1.29, 1.82) is 0 Å². The van der Waals surface area contributed by atoms with Crippen molar-refractivity contribution < 1.29 is 0 Å². The van der Waals surface area contributed by atoms with Gasteiger partial charge in [0.1, 0.15) is 0 Å². The molecule has 0 radical (unpaired) electrons. The van der Waals surface area contributed by atoms with Gasteiger partial charge in [0.2, 0.25) is 0 Å². The summed E-state index contributed by atoms with van der Waals surface area (Å²) in [7, 11) is 2.07. The largest absolute Gasteiger partial charge is 0.353 e. The molecule has 0 fully saturated rings. The summed E-state index contributed by atoms with van der Waals surface area (Å²) < 4.78 is 2.38. The minimum absolute atomic E-state index is 0.566. The first-order valence-corrected chi connectivity index (χ1v) is 7.63. The van der Waals surface area contributed by atoms with Crippen LogP contribution in [0.15, 0.2) is 29.9 Å². The normalized spacial score (nSPS) is 18.8. The van der Waals surface area contributed by atoms with Gasteiger partial charge in [-0.05, 0) is 55.3 Å². The van der Waals surface area contributed by atoms with Crippen LogP contribution in [-0.2, 0) is 19.4 Å². The van der Waals surface area contributed by atoms with E-state index in [9.17, 15) is 0 Å². The Hall–Kier alpha value is -1.06. The van der Waals surface area contributed by atoms with Crippen LogP contribution in [-0.4, -0.2) is 11.6 Å². The van der Waals surface area contributed by atoms with Crippen molar-refractivity contribution in [2.45, 2.75) is 38.3 Å². The van der Waals surface area contributed by atoms with E-state index in [0.717, 1.165) is 13.0 Å². The van der Waals surface area contributed by atoms with Crippen LogP contribution in [0.2, 0.25) is 0 Å². The number of nitrogens with one attached hydrogen (secondary N) is 1. The molecule has 0 aliphatic heterocycles. The van der Waals surface area contributed by atoms with Gasteiger partial charge in [-0.15, -0.1) is 11.3 Å². The fraction of sp³-hybridized carbons (Fsp3) is 0.467. The van der Waals surface area contributed by atoms with Gasteiger partial charge in [0.05, 0.1) is 0 Å². The Kier molecular flexibility index (Phi) is 3.52. The third kappa shape index (κ3) is 2.38. The zero-order valence-electron chi connectivity index (χ0n) is 10.9. The highest BCUT2D eigenvalue weighted by molar-refractivity contribution is 7.09. The van der Waals surface area contributed by atoms with E-state index < -0.39 is 0 Å². The third-order valence-electron chi connectivity index (χ3n) is 3.86. The molecule has 96 valence electrons. The summed E-state index contributed by atoms with van der Waals surface area (Å²) in [4.78, 5) is 1.48. The van der Waals surface area contributed by atoms with E-state index in [1.54, 1.807) is 5.56 Å². The lowest BCUT2D eigenvalue weighted by molar-refractivity contribution is 0.498. The number of aromatic nitrogens is 1. The van der Waals surface area contributed by atoms with Crippen LogP contribution >= 0.6 is 11.3 Å². The first kappa shape index (κ1) is 12.0. The van der Waals surface area contributed by atoms with Crippen molar-refractivity contribution in [2.24, 2.45) is 0 Å². The molecule has 0 bridgehead atoms. The smallest absolute Gasteiger partial charge is 0.0335 e. The second-order valence-electron chi connectivity index (χ2n) is 5.04. The maximum atomic E-state index is 3.43. The summed E-state index contributed by atoms with van der Waals surface area (Å²) in [5.41, 5.74) is 3.07. The minimum Gasteiger partial charge on any atom is -0.353 e. The van der Waals surface area contributed by atoms with Crippen LogP contribution in [0.5, 0.6) is 0 Å². The number of thiophene rings is 1. The second-order valence-corrected chi connectivity index (χ2v) is 6.07. The summed E-state index contributed by atoms with van der Waals surface area (Å²) >= 11 is 1.86. The van der Waals surface area contributed by atoms with Crippen LogP contribution in [0.3, 0.4) is 0 Å². The molecular formula is C15H20N2S. The van der Waals surface area contributed by atoms with Crippen LogP contribution in [0, 0.1) is 0 Å². The fourth-order valence-electron chi connectivity index (χ4n) is 2.87. The average molecular weight is 260 g/mol.